The third kappa shape index (κ3) is 4.30. The van der Waals surface area contributed by atoms with E-state index in [1.54, 1.807) is 12.4 Å². The van der Waals surface area contributed by atoms with Crippen molar-refractivity contribution < 1.29 is 0 Å². The predicted molar refractivity (Wildman–Crippen MR) is 165 cm³/mol. The van der Waals surface area contributed by atoms with Crippen LogP contribution in [0.15, 0.2) is 104 Å². The monoisotopic (exact) mass is 528 g/mol. The van der Waals surface area contributed by atoms with Gasteiger partial charge >= 0.3 is 0 Å². The molecule has 0 saturated carbocycles. The Morgan fingerprint density at radius 2 is 1.12 bits per heavy atom. The Bertz CT molecular complexity index is 1510. The van der Waals surface area contributed by atoms with Gasteiger partial charge in [-0.05, 0) is 48.0 Å². The van der Waals surface area contributed by atoms with Gasteiger partial charge in [0.2, 0.25) is 0 Å². The number of pyridine rings is 2. The lowest BCUT2D eigenvalue weighted by Crippen LogP contribution is -2.46. The molecule has 0 aliphatic carbocycles. The number of rotatable bonds is 3. The Morgan fingerprint density at radius 3 is 1.68 bits per heavy atom. The second-order valence-corrected chi connectivity index (χ2v) is 9.74. The minimum Gasteiger partial charge on any atom is -0.301 e. The Kier molecular flexibility index (Phi) is 7.60. The molecular weight excluding hydrogens is 492 g/mol. The summed E-state index contributed by atoms with van der Waals surface area (Å²) in [5.74, 6) is 1.70. The van der Waals surface area contributed by atoms with Crippen LogP contribution < -0.4 is 9.80 Å². The molecule has 2 aromatic carbocycles. The Labute approximate surface area is 237 Å². The van der Waals surface area contributed by atoms with Crippen molar-refractivity contribution >= 4 is 23.0 Å². The number of hydrogen-bond acceptors (Lipinski definition) is 6. The van der Waals surface area contributed by atoms with Gasteiger partial charge in [-0.25, -0.2) is 9.97 Å². The lowest BCUT2D eigenvalue weighted by Gasteiger charge is -2.36. The highest BCUT2D eigenvalue weighted by Gasteiger charge is 2.55. The van der Waals surface area contributed by atoms with E-state index in [0.29, 0.717) is 0 Å². The van der Waals surface area contributed by atoms with E-state index in [1.807, 2.05) is 70.4 Å². The van der Waals surface area contributed by atoms with Crippen LogP contribution in [0, 0.1) is 0 Å². The van der Waals surface area contributed by atoms with Gasteiger partial charge in [-0.2, -0.15) is 0 Å². The lowest BCUT2D eigenvalue weighted by atomic mass is 9.83. The molecule has 6 nitrogen and oxygen atoms in total. The largest absolute Gasteiger partial charge is 0.301 e. The summed E-state index contributed by atoms with van der Waals surface area (Å²) < 4.78 is 0. The smallest absolute Gasteiger partial charge is 0.179 e. The zero-order chi connectivity index (χ0) is 28.3. The summed E-state index contributed by atoms with van der Waals surface area (Å²) >= 11 is 0. The van der Waals surface area contributed by atoms with E-state index in [2.05, 4.69) is 82.1 Å². The van der Waals surface area contributed by atoms with Crippen molar-refractivity contribution in [3.63, 3.8) is 0 Å². The summed E-state index contributed by atoms with van der Waals surface area (Å²) in [4.78, 5) is 24.1. The van der Waals surface area contributed by atoms with E-state index in [0.717, 1.165) is 39.8 Å². The molecule has 0 amide bonds. The van der Waals surface area contributed by atoms with Gasteiger partial charge in [-0.15, -0.1) is 0 Å². The van der Waals surface area contributed by atoms with Gasteiger partial charge in [0.1, 0.15) is 17.6 Å². The first-order chi connectivity index (χ1) is 19.6. The molecule has 3 aromatic heterocycles. The first-order valence-corrected chi connectivity index (χ1v) is 14.1. The van der Waals surface area contributed by atoms with Crippen LogP contribution in [0.1, 0.15) is 47.1 Å². The molecule has 1 unspecified atom stereocenters. The number of fused-ring (bicyclic) bond motifs is 5. The third-order valence-electron chi connectivity index (χ3n) is 7.21. The summed E-state index contributed by atoms with van der Waals surface area (Å²) in [6.07, 6.45) is 7.25. The van der Waals surface area contributed by atoms with Gasteiger partial charge in [0.25, 0.3) is 0 Å². The van der Waals surface area contributed by atoms with Gasteiger partial charge in [0.05, 0.1) is 0 Å². The molecule has 40 heavy (non-hydrogen) atoms. The molecule has 6 heteroatoms. The van der Waals surface area contributed by atoms with Crippen molar-refractivity contribution in [3.8, 4) is 22.5 Å². The number of nitrogens with zero attached hydrogens (tertiary/aromatic N) is 6. The van der Waals surface area contributed by atoms with Crippen molar-refractivity contribution in [1.29, 1.82) is 0 Å². The van der Waals surface area contributed by atoms with Crippen LogP contribution >= 0.6 is 0 Å². The van der Waals surface area contributed by atoms with Gasteiger partial charge in [0.15, 0.2) is 11.6 Å². The molecule has 7 rings (SSSR count). The predicted octanol–water partition coefficient (Wildman–Crippen LogP) is 8.56. The van der Waals surface area contributed by atoms with Gasteiger partial charge in [-0.3, -0.25) is 9.97 Å². The van der Waals surface area contributed by atoms with Gasteiger partial charge < -0.3 is 9.80 Å². The Hall–Kier alpha value is -4.58. The SMILES string of the molecule is CC.CC.CC1(C)c2ccccc2N2c3nc(-c4cccnc4)c(-c4cccnc4)nc3N(c3ccccc3)C21. The number of anilines is 4. The molecule has 2 aliphatic heterocycles. The van der Waals surface area contributed by atoms with Crippen molar-refractivity contribution in [3.05, 3.63) is 109 Å². The van der Waals surface area contributed by atoms with E-state index in [9.17, 15) is 0 Å². The highest BCUT2D eigenvalue weighted by Crippen LogP contribution is 2.58. The summed E-state index contributed by atoms with van der Waals surface area (Å²) in [5.41, 5.74) is 6.84. The molecular formula is C34H36N6. The van der Waals surface area contributed by atoms with Crippen LogP contribution in [-0.4, -0.2) is 26.1 Å². The number of aromatic nitrogens is 4. The molecule has 2 aliphatic rings. The number of hydrogen-bond donors (Lipinski definition) is 0. The summed E-state index contributed by atoms with van der Waals surface area (Å²) in [5, 5.41) is 0. The summed E-state index contributed by atoms with van der Waals surface area (Å²) in [6.45, 7) is 12.6. The Morgan fingerprint density at radius 1 is 0.600 bits per heavy atom. The lowest BCUT2D eigenvalue weighted by molar-refractivity contribution is 0.449. The average molecular weight is 529 g/mol. The van der Waals surface area contributed by atoms with E-state index in [-0.39, 0.29) is 11.6 Å². The molecule has 0 radical (unpaired) electrons. The molecule has 5 heterocycles. The quantitative estimate of drug-likeness (QED) is 0.234. The number of para-hydroxylation sites is 2. The van der Waals surface area contributed by atoms with Crippen molar-refractivity contribution in [2.24, 2.45) is 0 Å². The second-order valence-electron chi connectivity index (χ2n) is 9.74. The molecule has 0 bridgehead atoms. The highest BCUT2D eigenvalue weighted by atomic mass is 15.5. The molecule has 0 spiro atoms. The van der Waals surface area contributed by atoms with E-state index < -0.39 is 0 Å². The van der Waals surface area contributed by atoms with Crippen LogP contribution in [0.5, 0.6) is 0 Å². The fourth-order valence-electron chi connectivity index (χ4n) is 5.61. The maximum Gasteiger partial charge on any atom is 0.179 e. The molecule has 1 atom stereocenters. The second kappa shape index (κ2) is 11.3. The highest BCUT2D eigenvalue weighted by molar-refractivity contribution is 5.92. The van der Waals surface area contributed by atoms with E-state index in [1.165, 1.54) is 11.3 Å². The fraction of sp³-hybridized carbons (Fsp3) is 0.235. The van der Waals surface area contributed by atoms with Crippen molar-refractivity contribution in [2.75, 3.05) is 9.80 Å². The van der Waals surface area contributed by atoms with Gasteiger partial charge in [-0.1, -0.05) is 77.9 Å². The van der Waals surface area contributed by atoms with E-state index >= 15 is 0 Å². The van der Waals surface area contributed by atoms with Gasteiger partial charge in [0, 0.05) is 52.7 Å². The standard InChI is InChI=1S/C30H24N6.2C2H6/c1-30(2)23-14-6-7-15-24(23)36-28-27(35(29(30)36)22-12-4-3-5-13-22)33-25(20-10-8-16-31-18-20)26(34-28)21-11-9-17-32-19-21;2*1-2/h3-19,29H,1-2H3;2*1-2H3. The zero-order valence-corrected chi connectivity index (χ0v) is 24.1. The maximum atomic E-state index is 5.34. The molecule has 0 saturated heterocycles. The van der Waals surface area contributed by atoms with Crippen LogP contribution in [0.3, 0.4) is 0 Å². The van der Waals surface area contributed by atoms with Crippen LogP contribution in [0.4, 0.5) is 23.0 Å². The van der Waals surface area contributed by atoms with Crippen LogP contribution in [0.2, 0.25) is 0 Å². The topological polar surface area (TPSA) is 58.0 Å². The first kappa shape index (κ1) is 27.0. The van der Waals surface area contributed by atoms with Crippen molar-refractivity contribution in [1.82, 2.24) is 19.9 Å². The molecule has 5 aromatic rings. The molecule has 202 valence electrons. The van der Waals surface area contributed by atoms with Crippen molar-refractivity contribution in [2.45, 2.75) is 53.1 Å². The molecule has 0 fully saturated rings. The minimum atomic E-state index is -0.169. The zero-order valence-electron chi connectivity index (χ0n) is 24.1. The Balaban J connectivity index is 0.000000774. The third-order valence-corrected chi connectivity index (χ3v) is 7.21. The summed E-state index contributed by atoms with van der Waals surface area (Å²) in [7, 11) is 0. The normalized spacial score (nSPS) is 15.6. The molecule has 0 N–H and O–H groups in total. The van der Waals surface area contributed by atoms with E-state index in [4.69, 9.17) is 9.97 Å². The van der Waals surface area contributed by atoms with Crippen LogP contribution in [-0.2, 0) is 5.41 Å². The fourth-order valence-corrected chi connectivity index (χ4v) is 5.61. The number of benzene rings is 2. The maximum absolute atomic E-state index is 5.34. The van der Waals surface area contributed by atoms with Crippen LogP contribution in [0.25, 0.3) is 22.5 Å². The summed E-state index contributed by atoms with van der Waals surface area (Å²) in [6, 6.07) is 27.1. The average Bonchev–Trinajstić information content (AvgIpc) is 3.50. The minimum absolute atomic E-state index is 0.00167. The first-order valence-electron chi connectivity index (χ1n) is 14.1.